The summed E-state index contributed by atoms with van der Waals surface area (Å²) >= 11 is 12.0. The maximum absolute atomic E-state index is 12.3. The van der Waals surface area contributed by atoms with Crippen LogP contribution in [0.15, 0.2) is 60.8 Å². The van der Waals surface area contributed by atoms with Crippen LogP contribution in [-0.4, -0.2) is 10.9 Å². The molecule has 0 atom stereocenters. The normalized spacial score (nSPS) is 10.0. The van der Waals surface area contributed by atoms with E-state index in [1.165, 1.54) is 6.20 Å². The van der Waals surface area contributed by atoms with Gasteiger partial charge < -0.3 is 10.6 Å². The summed E-state index contributed by atoms with van der Waals surface area (Å²) in [5.74, 6) is 0.235. The van der Waals surface area contributed by atoms with Crippen molar-refractivity contribution >= 4 is 46.3 Å². The molecule has 1 heterocycles. The summed E-state index contributed by atoms with van der Waals surface area (Å²) in [5.41, 5.74) is 2.19. The number of nitrogens with zero attached hydrogens (tertiary/aromatic N) is 2. The van der Waals surface area contributed by atoms with Crippen molar-refractivity contribution in [2.45, 2.75) is 0 Å². The van der Waals surface area contributed by atoms with Crippen molar-refractivity contribution in [2.75, 3.05) is 10.6 Å². The van der Waals surface area contributed by atoms with Gasteiger partial charge in [-0.2, -0.15) is 5.26 Å². The molecule has 7 heteroatoms. The van der Waals surface area contributed by atoms with Gasteiger partial charge in [-0.25, -0.2) is 4.98 Å². The molecule has 0 saturated heterocycles. The number of carbonyl (C=O) groups is 1. The van der Waals surface area contributed by atoms with E-state index in [9.17, 15) is 4.79 Å². The second-order valence-corrected chi connectivity index (χ2v) is 6.17. The molecule has 0 aliphatic rings. The lowest BCUT2D eigenvalue weighted by molar-refractivity contribution is 0.102. The van der Waals surface area contributed by atoms with E-state index in [2.05, 4.69) is 21.7 Å². The second kappa shape index (κ2) is 7.87. The lowest BCUT2D eigenvalue weighted by atomic mass is 10.2. The maximum Gasteiger partial charge on any atom is 0.257 e. The molecule has 2 aromatic carbocycles. The van der Waals surface area contributed by atoms with Crippen LogP contribution in [0.4, 0.5) is 17.2 Å². The van der Waals surface area contributed by atoms with E-state index in [4.69, 9.17) is 28.5 Å². The Morgan fingerprint density at radius 1 is 1.04 bits per heavy atom. The molecule has 26 heavy (non-hydrogen) atoms. The van der Waals surface area contributed by atoms with Crippen LogP contribution in [0.5, 0.6) is 0 Å². The van der Waals surface area contributed by atoms with Crippen molar-refractivity contribution in [1.29, 1.82) is 5.26 Å². The number of halogens is 2. The molecule has 0 bridgehead atoms. The number of anilines is 3. The number of hydrogen-bond donors (Lipinski definition) is 2. The summed E-state index contributed by atoms with van der Waals surface area (Å²) in [6.07, 6.45) is 1.46. The van der Waals surface area contributed by atoms with Crippen LogP contribution in [0.2, 0.25) is 10.0 Å². The topological polar surface area (TPSA) is 77.8 Å². The predicted molar refractivity (Wildman–Crippen MR) is 103 cm³/mol. The molecule has 0 unspecified atom stereocenters. The van der Waals surface area contributed by atoms with Crippen molar-refractivity contribution in [3.63, 3.8) is 0 Å². The average Bonchev–Trinajstić information content (AvgIpc) is 2.66. The van der Waals surface area contributed by atoms with E-state index in [-0.39, 0.29) is 5.91 Å². The third-order valence-electron chi connectivity index (χ3n) is 3.49. The first kappa shape index (κ1) is 17.7. The van der Waals surface area contributed by atoms with Crippen LogP contribution in [0, 0.1) is 11.3 Å². The van der Waals surface area contributed by atoms with Crippen molar-refractivity contribution in [2.24, 2.45) is 0 Å². The van der Waals surface area contributed by atoms with Crippen LogP contribution in [0.25, 0.3) is 0 Å². The SMILES string of the molecule is N#Cc1ccc(Nc2ccc(C(=O)Nc3cc(Cl)ccc3Cl)cn2)cc1. The maximum atomic E-state index is 12.3. The molecule has 0 aliphatic carbocycles. The van der Waals surface area contributed by atoms with Crippen LogP contribution < -0.4 is 10.6 Å². The fourth-order valence-corrected chi connectivity index (χ4v) is 2.50. The van der Waals surface area contributed by atoms with Crippen molar-refractivity contribution in [1.82, 2.24) is 4.98 Å². The van der Waals surface area contributed by atoms with Gasteiger partial charge in [-0.05, 0) is 54.6 Å². The minimum Gasteiger partial charge on any atom is -0.340 e. The fraction of sp³-hybridized carbons (Fsp3) is 0. The molecule has 0 spiro atoms. The minimum absolute atomic E-state index is 0.341. The Kier molecular flexibility index (Phi) is 5.37. The molecule has 128 valence electrons. The second-order valence-electron chi connectivity index (χ2n) is 5.32. The zero-order chi connectivity index (χ0) is 18.5. The predicted octanol–water partition coefficient (Wildman–Crippen LogP) is 5.26. The molecule has 1 amide bonds. The summed E-state index contributed by atoms with van der Waals surface area (Å²) in [7, 11) is 0. The van der Waals surface area contributed by atoms with Gasteiger partial charge in [0.15, 0.2) is 0 Å². The third kappa shape index (κ3) is 4.31. The van der Waals surface area contributed by atoms with Gasteiger partial charge in [-0.1, -0.05) is 23.2 Å². The van der Waals surface area contributed by atoms with Crippen molar-refractivity contribution in [3.8, 4) is 6.07 Å². The molecule has 3 rings (SSSR count). The number of nitriles is 1. The van der Waals surface area contributed by atoms with Crippen LogP contribution in [-0.2, 0) is 0 Å². The van der Waals surface area contributed by atoms with Crippen molar-refractivity contribution < 1.29 is 4.79 Å². The van der Waals surface area contributed by atoms with Gasteiger partial charge in [0.2, 0.25) is 0 Å². The van der Waals surface area contributed by atoms with Crippen molar-refractivity contribution in [3.05, 3.63) is 82.0 Å². The number of amides is 1. The Balaban J connectivity index is 1.69. The molecular formula is C19H12Cl2N4O. The number of nitrogens with one attached hydrogen (secondary N) is 2. The summed E-state index contributed by atoms with van der Waals surface area (Å²) < 4.78 is 0. The van der Waals surface area contributed by atoms with Crippen LogP contribution in [0.1, 0.15) is 15.9 Å². The smallest absolute Gasteiger partial charge is 0.257 e. The molecule has 0 aliphatic heterocycles. The van der Waals surface area contributed by atoms with Gasteiger partial charge in [-0.3, -0.25) is 4.79 Å². The van der Waals surface area contributed by atoms with Gasteiger partial charge in [-0.15, -0.1) is 0 Å². The molecule has 0 radical (unpaired) electrons. The first-order chi connectivity index (χ1) is 12.5. The van der Waals surface area contributed by atoms with E-state index >= 15 is 0 Å². The minimum atomic E-state index is -0.341. The molecule has 3 aromatic rings. The lowest BCUT2D eigenvalue weighted by Crippen LogP contribution is -2.12. The Hall–Kier alpha value is -3.07. The van der Waals surface area contributed by atoms with Gasteiger partial charge in [0, 0.05) is 16.9 Å². The number of hydrogen-bond acceptors (Lipinski definition) is 4. The van der Waals surface area contributed by atoms with E-state index in [0.29, 0.717) is 32.7 Å². The molecule has 5 nitrogen and oxygen atoms in total. The van der Waals surface area contributed by atoms with E-state index in [1.807, 2.05) is 0 Å². The molecule has 0 fully saturated rings. The quantitative estimate of drug-likeness (QED) is 0.645. The Labute approximate surface area is 160 Å². The van der Waals surface area contributed by atoms with Crippen LogP contribution >= 0.6 is 23.2 Å². The third-order valence-corrected chi connectivity index (χ3v) is 4.05. The number of benzene rings is 2. The van der Waals surface area contributed by atoms with Gasteiger partial charge in [0.25, 0.3) is 5.91 Å². The Morgan fingerprint density at radius 3 is 2.46 bits per heavy atom. The summed E-state index contributed by atoms with van der Waals surface area (Å²) in [6.45, 7) is 0. The first-order valence-electron chi connectivity index (χ1n) is 7.55. The number of rotatable bonds is 4. The number of pyridine rings is 1. The van der Waals surface area contributed by atoms with E-state index < -0.39 is 0 Å². The zero-order valence-electron chi connectivity index (χ0n) is 13.3. The summed E-state index contributed by atoms with van der Waals surface area (Å²) in [4.78, 5) is 16.5. The zero-order valence-corrected chi connectivity index (χ0v) is 14.8. The fourth-order valence-electron chi connectivity index (χ4n) is 2.17. The Bertz CT molecular complexity index is 980. The molecular weight excluding hydrogens is 371 g/mol. The van der Waals surface area contributed by atoms with Gasteiger partial charge in [0.1, 0.15) is 5.82 Å². The monoisotopic (exact) mass is 382 g/mol. The first-order valence-corrected chi connectivity index (χ1v) is 8.30. The number of carbonyl (C=O) groups excluding carboxylic acids is 1. The summed E-state index contributed by atoms with van der Waals surface area (Å²) in [5, 5.41) is 15.5. The van der Waals surface area contributed by atoms with Gasteiger partial charge >= 0.3 is 0 Å². The van der Waals surface area contributed by atoms with Crippen LogP contribution in [0.3, 0.4) is 0 Å². The lowest BCUT2D eigenvalue weighted by Gasteiger charge is -2.09. The highest BCUT2D eigenvalue weighted by molar-refractivity contribution is 6.35. The van der Waals surface area contributed by atoms with E-state index in [0.717, 1.165) is 5.69 Å². The standard InChI is InChI=1S/C19H12Cl2N4O/c20-14-4-7-16(21)17(9-14)25-19(26)13-3-8-18(23-11-13)24-15-5-1-12(10-22)2-6-15/h1-9,11H,(H,23,24)(H,25,26). The highest BCUT2D eigenvalue weighted by atomic mass is 35.5. The largest absolute Gasteiger partial charge is 0.340 e. The highest BCUT2D eigenvalue weighted by Crippen LogP contribution is 2.26. The molecule has 1 aromatic heterocycles. The molecule has 2 N–H and O–H groups in total. The number of aromatic nitrogens is 1. The molecule has 0 saturated carbocycles. The summed E-state index contributed by atoms with van der Waals surface area (Å²) in [6, 6.07) is 17.2. The van der Waals surface area contributed by atoms with E-state index in [1.54, 1.807) is 54.6 Å². The Morgan fingerprint density at radius 2 is 1.81 bits per heavy atom. The van der Waals surface area contributed by atoms with Gasteiger partial charge in [0.05, 0.1) is 27.9 Å². The highest BCUT2D eigenvalue weighted by Gasteiger charge is 2.10. The average molecular weight is 383 g/mol.